The van der Waals surface area contributed by atoms with Gasteiger partial charge in [0.2, 0.25) is 5.52 Å². The molecule has 2 aromatic heterocycles. The molecule has 7 heteroatoms. The van der Waals surface area contributed by atoms with Crippen molar-refractivity contribution in [2.24, 2.45) is 18.4 Å². The Kier molecular flexibility index (Phi) is 10.3. The second-order valence-corrected chi connectivity index (χ2v) is 10.3. The molecule has 0 amide bonds. The fraction of sp³-hybridized carbons (Fsp3) is 0.593. The highest BCUT2D eigenvalue weighted by Gasteiger charge is 2.33. The maximum atomic E-state index is 5.09. The summed E-state index contributed by atoms with van der Waals surface area (Å²) < 4.78 is 4.16. The molecule has 0 aromatic carbocycles. The van der Waals surface area contributed by atoms with Crippen LogP contribution >= 0.6 is 0 Å². The van der Waals surface area contributed by atoms with Gasteiger partial charge in [-0.25, -0.2) is 10.0 Å². The maximum absolute atomic E-state index is 5.09. The zero-order chi connectivity index (χ0) is 24.0. The minimum absolute atomic E-state index is 0. The van der Waals surface area contributed by atoms with Crippen LogP contribution in [0.1, 0.15) is 72.6 Å². The summed E-state index contributed by atoms with van der Waals surface area (Å²) in [6, 6.07) is 0. The number of aromatic nitrogens is 4. The van der Waals surface area contributed by atoms with Gasteiger partial charge in [0.15, 0.2) is 18.5 Å². The van der Waals surface area contributed by atoms with Crippen molar-refractivity contribution < 1.29 is 21.8 Å². The number of imidazole rings is 1. The van der Waals surface area contributed by atoms with Crippen molar-refractivity contribution in [3.63, 3.8) is 0 Å². The molecule has 34 heavy (non-hydrogen) atoms. The molecule has 6 nitrogen and oxygen atoms in total. The van der Waals surface area contributed by atoms with Crippen molar-refractivity contribution in [2.75, 3.05) is 12.6 Å². The van der Waals surface area contributed by atoms with Gasteiger partial charge < -0.3 is 12.4 Å². The normalized spacial score (nSPS) is 18.8. The number of nitrogens with one attached hydrogen (secondary N) is 1. The Hall–Kier alpha value is -2.18. The first kappa shape index (κ1) is 28.1. The number of anilines is 1. The Morgan fingerprint density at radius 1 is 1.26 bits per heavy atom. The average molecular weight is 488 g/mol. The number of nitrogens with zero attached hydrogens (tertiary/aromatic N) is 4. The van der Waals surface area contributed by atoms with Crippen LogP contribution in [0.4, 0.5) is 5.82 Å². The lowest BCUT2D eigenvalue weighted by Crippen LogP contribution is -3.00. The fourth-order valence-electron chi connectivity index (χ4n) is 5.17. The molecule has 1 fully saturated rings. The molecular weight excluding hydrogens is 446 g/mol. The van der Waals surface area contributed by atoms with E-state index in [0.717, 1.165) is 30.6 Å². The molecule has 0 saturated heterocycles. The predicted molar refractivity (Wildman–Crippen MR) is 136 cm³/mol. The summed E-state index contributed by atoms with van der Waals surface area (Å²) in [7, 11) is 3.59. The van der Waals surface area contributed by atoms with Crippen molar-refractivity contribution in [1.29, 1.82) is 0 Å². The summed E-state index contributed by atoms with van der Waals surface area (Å²) in [5, 5.41) is 0. The van der Waals surface area contributed by atoms with Crippen LogP contribution in [0.25, 0.3) is 11.2 Å². The number of rotatable bonds is 10. The first-order chi connectivity index (χ1) is 15.7. The van der Waals surface area contributed by atoms with Crippen LogP contribution < -0.4 is 22.5 Å². The maximum Gasteiger partial charge on any atom is 0.307 e. The van der Waals surface area contributed by atoms with Crippen LogP contribution in [-0.2, 0) is 18.4 Å². The molecule has 2 heterocycles. The van der Waals surface area contributed by atoms with Crippen molar-refractivity contribution in [3.8, 4) is 0 Å². The van der Waals surface area contributed by atoms with Gasteiger partial charge in [-0.15, -0.1) is 0 Å². The third-order valence-corrected chi connectivity index (χ3v) is 7.19. The van der Waals surface area contributed by atoms with E-state index in [0.29, 0.717) is 17.2 Å². The van der Waals surface area contributed by atoms with Gasteiger partial charge in [0.25, 0.3) is 0 Å². The van der Waals surface area contributed by atoms with E-state index < -0.39 is 0 Å². The summed E-state index contributed by atoms with van der Waals surface area (Å²) in [6.07, 6.45) is 16.7. The molecule has 0 aliphatic heterocycles. The third-order valence-electron chi connectivity index (χ3n) is 7.19. The van der Waals surface area contributed by atoms with Crippen LogP contribution in [0.15, 0.2) is 48.1 Å². The SMILES string of the molecule is C=C1CCCC(C)(C)[C@H]1CC/C(C)=C/CC/C(C)=C/Cn1c[n+](C)c2ncnc(NOC)c21.[Cl-]. The molecule has 1 aliphatic rings. The number of aryl methyl sites for hydroxylation is 1. The van der Waals surface area contributed by atoms with E-state index >= 15 is 0 Å². The van der Waals surface area contributed by atoms with Gasteiger partial charge in [-0.3, -0.25) is 9.40 Å². The minimum atomic E-state index is 0. The molecule has 1 aliphatic carbocycles. The molecule has 0 bridgehead atoms. The Labute approximate surface area is 211 Å². The lowest BCUT2D eigenvalue weighted by Gasteiger charge is -2.40. The highest BCUT2D eigenvalue weighted by atomic mass is 35.5. The molecule has 1 atom stereocenters. The van der Waals surface area contributed by atoms with E-state index in [9.17, 15) is 0 Å². The van der Waals surface area contributed by atoms with Gasteiger partial charge in [-0.05, 0) is 70.1 Å². The van der Waals surface area contributed by atoms with Gasteiger partial charge in [0.1, 0.15) is 0 Å². The van der Waals surface area contributed by atoms with E-state index in [-0.39, 0.29) is 12.4 Å². The molecule has 1 saturated carbocycles. The Balaban J connectivity index is 0.00000408. The lowest BCUT2D eigenvalue weighted by molar-refractivity contribution is -0.647. The van der Waals surface area contributed by atoms with Crippen LogP contribution in [0, 0.1) is 11.3 Å². The van der Waals surface area contributed by atoms with Gasteiger partial charge in [-0.2, -0.15) is 4.98 Å². The quantitative estimate of drug-likeness (QED) is 0.318. The first-order valence-corrected chi connectivity index (χ1v) is 12.2. The van der Waals surface area contributed by atoms with E-state index in [1.165, 1.54) is 48.8 Å². The molecule has 188 valence electrons. The van der Waals surface area contributed by atoms with Crippen LogP contribution in [0.5, 0.6) is 0 Å². The predicted octanol–water partition coefficient (Wildman–Crippen LogP) is 3.07. The second-order valence-electron chi connectivity index (χ2n) is 10.3. The number of hydrogen-bond donors (Lipinski definition) is 1. The van der Waals surface area contributed by atoms with E-state index in [4.69, 9.17) is 4.84 Å². The molecule has 0 spiro atoms. The summed E-state index contributed by atoms with van der Waals surface area (Å²) in [4.78, 5) is 13.8. The summed E-state index contributed by atoms with van der Waals surface area (Å²) in [5.74, 6) is 1.34. The van der Waals surface area contributed by atoms with Crippen LogP contribution in [0.2, 0.25) is 0 Å². The summed E-state index contributed by atoms with van der Waals surface area (Å²) >= 11 is 0. The van der Waals surface area contributed by atoms with Crippen molar-refractivity contribution in [1.82, 2.24) is 14.5 Å². The number of fused-ring (bicyclic) bond motifs is 1. The monoisotopic (exact) mass is 487 g/mol. The van der Waals surface area contributed by atoms with E-state index in [1.54, 1.807) is 13.4 Å². The number of allylic oxidation sites excluding steroid dienone is 5. The molecular formula is C27H42ClN5O. The molecule has 2 aromatic rings. The van der Waals surface area contributed by atoms with Crippen LogP contribution in [0.3, 0.4) is 0 Å². The molecule has 1 N–H and O–H groups in total. The largest absolute Gasteiger partial charge is 1.00 e. The lowest BCUT2D eigenvalue weighted by atomic mass is 9.65. The van der Waals surface area contributed by atoms with E-state index in [2.05, 4.69) is 72.8 Å². The first-order valence-electron chi connectivity index (χ1n) is 12.2. The fourth-order valence-corrected chi connectivity index (χ4v) is 5.17. The number of hydrogen-bond acceptors (Lipinski definition) is 4. The summed E-state index contributed by atoms with van der Waals surface area (Å²) in [6.45, 7) is 14.5. The van der Waals surface area contributed by atoms with Gasteiger partial charge in [0, 0.05) is 0 Å². The van der Waals surface area contributed by atoms with Gasteiger partial charge in [0.05, 0.1) is 20.7 Å². The van der Waals surface area contributed by atoms with Gasteiger partial charge in [-0.1, -0.05) is 54.3 Å². The Morgan fingerprint density at radius 3 is 2.71 bits per heavy atom. The Morgan fingerprint density at radius 2 is 2.00 bits per heavy atom. The third kappa shape index (κ3) is 6.92. The number of halogens is 1. The summed E-state index contributed by atoms with van der Waals surface area (Å²) in [5.41, 5.74) is 9.45. The van der Waals surface area contributed by atoms with Crippen LogP contribution in [-0.4, -0.2) is 21.6 Å². The van der Waals surface area contributed by atoms with Crippen molar-refractivity contribution in [3.05, 3.63) is 48.1 Å². The molecule has 3 rings (SSSR count). The highest BCUT2D eigenvalue weighted by Crippen LogP contribution is 2.45. The standard InChI is InChI=1S/C27H42N5O.ClH/c1-20(13-14-23-22(3)12-9-16-27(23,4)5)10-8-11-21(2)15-17-32-19-31(6)26-24(32)25(30-33-7)28-18-29-26;/h10,15,18-19,23H,3,8-9,11-14,16-17H2,1-2,4-7H3,(H,28,29,30);1H/q+1;/p-1/b20-10+,21-15+;/t23-;/m0./s1. The van der Waals surface area contributed by atoms with Crippen molar-refractivity contribution in [2.45, 2.75) is 79.2 Å². The Bertz CT molecular complexity index is 1040. The average Bonchev–Trinajstić information content (AvgIpc) is 3.08. The smallest absolute Gasteiger partial charge is 0.307 e. The molecule has 0 radical (unpaired) electrons. The zero-order valence-corrected chi connectivity index (χ0v) is 22.6. The second kappa shape index (κ2) is 12.5. The van der Waals surface area contributed by atoms with Crippen molar-refractivity contribution >= 4 is 17.0 Å². The van der Waals surface area contributed by atoms with E-state index in [1.807, 2.05) is 11.6 Å². The van der Waals surface area contributed by atoms with Gasteiger partial charge >= 0.3 is 5.65 Å². The molecule has 0 unspecified atom stereocenters. The zero-order valence-electron chi connectivity index (χ0n) is 21.8. The highest BCUT2D eigenvalue weighted by molar-refractivity contribution is 5.80. The minimum Gasteiger partial charge on any atom is -1.00 e. The topological polar surface area (TPSA) is 55.9 Å².